The van der Waals surface area contributed by atoms with Crippen LogP contribution in [0.15, 0.2) is 0 Å². The van der Waals surface area contributed by atoms with Crippen LogP contribution in [-0.2, 0) is 28.7 Å². The molecule has 0 bridgehead atoms. The topological polar surface area (TPSA) is 209 Å². The van der Waals surface area contributed by atoms with Gasteiger partial charge in [0.25, 0.3) is 5.91 Å². The second kappa shape index (κ2) is 16.6. The lowest BCUT2D eigenvalue weighted by molar-refractivity contribution is -0.144. The van der Waals surface area contributed by atoms with Crippen molar-refractivity contribution in [3.63, 3.8) is 0 Å². The van der Waals surface area contributed by atoms with Gasteiger partial charge in [-0.15, -0.1) is 0 Å². The first-order chi connectivity index (χ1) is 23.5. The maximum absolute atomic E-state index is 14.4. The van der Waals surface area contributed by atoms with Crippen molar-refractivity contribution >= 4 is 41.5 Å². The number of rotatable bonds is 14. The van der Waals surface area contributed by atoms with Crippen LogP contribution in [0.25, 0.3) is 0 Å². The molecule has 7 amide bonds. The Labute approximate surface area is 302 Å². The lowest BCUT2D eigenvalue weighted by atomic mass is 9.81. The molecule has 3 rings (SSSR count). The fraction of sp³-hybridized carbons (Fsp3) is 0.806. The van der Waals surface area contributed by atoms with E-state index in [4.69, 9.17) is 10.5 Å². The molecule has 51 heavy (non-hydrogen) atoms. The summed E-state index contributed by atoms with van der Waals surface area (Å²) in [5, 5.41) is 11.2. The van der Waals surface area contributed by atoms with Gasteiger partial charge in [0.05, 0.1) is 18.6 Å². The molecule has 0 aromatic rings. The van der Waals surface area contributed by atoms with Gasteiger partial charge in [-0.1, -0.05) is 75.2 Å². The van der Waals surface area contributed by atoms with Crippen LogP contribution in [-0.4, -0.2) is 107 Å². The molecule has 3 fully saturated rings. The van der Waals surface area contributed by atoms with E-state index >= 15 is 0 Å². The number of unbranched alkanes of at least 4 members (excludes halogenated alkanes) is 1. The van der Waals surface area contributed by atoms with E-state index in [0.29, 0.717) is 25.9 Å². The summed E-state index contributed by atoms with van der Waals surface area (Å²) in [4.78, 5) is 95.2. The van der Waals surface area contributed by atoms with E-state index in [2.05, 4.69) is 35.1 Å². The number of nitrogens with zero attached hydrogens (tertiary/aromatic N) is 2. The number of urea groups is 1. The fourth-order valence-corrected chi connectivity index (χ4v) is 6.39. The molecule has 2 heterocycles. The molecule has 3 aliphatic rings. The zero-order valence-corrected chi connectivity index (χ0v) is 32.0. The summed E-state index contributed by atoms with van der Waals surface area (Å²) in [6, 6.07) is -4.55. The second-order valence-electron chi connectivity index (χ2n) is 17.4. The molecule has 2 aliphatic heterocycles. The summed E-state index contributed by atoms with van der Waals surface area (Å²) < 4.78 is 5.21. The molecule has 15 heteroatoms. The first-order valence-corrected chi connectivity index (χ1v) is 18.3. The Morgan fingerprint density at radius 3 is 2.16 bits per heavy atom. The highest BCUT2D eigenvalue weighted by molar-refractivity contribution is 6.38. The van der Waals surface area contributed by atoms with Crippen LogP contribution in [0.5, 0.6) is 0 Å². The standard InChI is InChI=1S/C36H61N7O8/c1-10-11-12-23(27(45)30(47)38-21-13-14-21)39-29(46)24-17-22(51-32(37)49)19-43(24)31(48)28(35(5,6)7)41-33(50)40-25(34(2,3)4)20-42-16-15-36(8,9)18-26(42)44/h21-25,28H,10-20H2,1-9H3,(H2,37,49)(H,38,47)(H,39,46)(H2,40,41,50)/t22-,23?,24+,25-,28-/m1/s1. The molecular weight excluding hydrogens is 658 g/mol. The first kappa shape index (κ1) is 41.5. The number of likely N-dealkylation sites (tertiary alicyclic amines) is 2. The van der Waals surface area contributed by atoms with Gasteiger partial charge in [0.2, 0.25) is 23.5 Å². The van der Waals surface area contributed by atoms with E-state index < -0.39 is 76.7 Å². The molecule has 288 valence electrons. The summed E-state index contributed by atoms with van der Waals surface area (Å²) in [5.41, 5.74) is 3.92. The van der Waals surface area contributed by atoms with Gasteiger partial charge < -0.3 is 41.5 Å². The third-order valence-corrected chi connectivity index (χ3v) is 9.93. The number of ether oxygens (including phenoxy) is 1. The van der Waals surface area contributed by atoms with Gasteiger partial charge >= 0.3 is 12.1 Å². The zero-order valence-electron chi connectivity index (χ0n) is 32.0. The van der Waals surface area contributed by atoms with Crippen LogP contribution in [0.3, 0.4) is 0 Å². The number of amides is 7. The predicted octanol–water partition coefficient (Wildman–Crippen LogP) is 2.35. The third-order valence-electron chi connectivity index (χ3n) is 9.93. The summed E-state index contributed by atoms with van der Waals surface area (Å²) in [5.74, 6) is -2.79. The van der Waals surface area contributed by atoms with Crippen LogP contribution >= 0.6 is 0 Å². The van der Waals surface area contributed by atoms with E-state index in [-0.39, 0.29) is 36.8 Å². The Hall–Kier alpha value is -3.91. The number of hydrogen-bond acceptors (Lipinski definition) is 8. The molecule has 0 aromatic heterocycles. The van der Waals surface area contributed by atoms with E-state index in [1.807, 2.05) is 27.7 Å². The number of nitrogens with two attached hydrogens (primary N) is 1. The van der Waals surface area contributed by atoms with Crippen molar-refractivity contribution in [1.29, 1.82) is 0 Å². The highest BCUT2D eigenvalue weighted by Crippen LogP contribution is 2.32. The molecule has 0 radical (unpaired) electrons. The summed E-state index contributed by atoms with van der Waals surface area (Å²) >= 11 is 0. The molecule has 1 unspecified atom stereocenters. The zero-order chi connectivity index (χ0) is 38.5. The Kier molecular flexibility index (Phi) is 13.5. The van der Waals surface area contributed by atoms with E-state index in [1.165, 1.54) is 4.90 Å². The quantitative estimate of drug-likeness (QED) is 0.168. The Morgan fingerprint density at radius 2 is 1.63 bits per heavy atom. The summed E-state index contributed by atoms with van der Waals surface area (Å²) in [7, 11) is 0. The average Bonchev–Trinajstić information content (AvgIpc) is 3.72. The van der Waals surface area contributed by atoms with Gasteiger partial charge in [0.1, 0.15) is 18.2 Å². The van der Waals surface area contributed by atoms with Crippen molar-refractivity contribution in [3.8, 4) is 0 Å². The highest BCUT2D eigenvalue weighted by atomic mass is 16.6. The molecule has 0 aromatic carbocycles. The molecule has 5 atom stereocenters. The van der Waals surface area contributed by atoms with Crippen molar-refractivity contribution in [2.24, 2.45) is 22.0 Å². The molecular formula is C36H61N7O8. The number of carbonyl (C=O) groups is 7. The lowest BCUT2D eigenvalue weighted by Crippen LogP contribution is -2.62. The maximum Gasteiger partial charge on any atom is 0.404 e. The van der Waals surface area contributed by atoms with Crippen molar-refractivity contribution in [1.82, 2.24) is 31.1 Å². The minimum Gasteiger partial charge on any atom is -0.444 e. The highest BCUT2D eigenvalue weighted by Gasteiger charge is 2.47. The van der Waals surface area contributed by atoms with Crippen LogP contribution in [0.1, 0.15) is 114 Å². The third kappa shape index (κ3) is 12.1. The Balaban J connectivity index is 1.81. The van der Waals surface area contributed by atoms with Crippen LogP contribution in [0, 0.1) is 16.2 Å². The van der Waals surface area contributed by atoms with Gasteiger partial charge in [-0.3, -0.25) is 24.0 Å². The summed E-state index contributed by atoms with van der Waals surface area (Å²) in [6.45, 7) is 17.9. The van der Waals surface area contributed by atoms with E-state index in [9.17, 15) is 33.6 Å². The number of nitrogens with one attached hydrogen (secondary N) is 4. The number of hydrogen-bond donors (Lipinski definition) is 5. The number of primary amides is 1. The minimum atomic E-state index is -1.18. The molecule has 1 saturated carbocycles. The number of carbonyl (C=O) groups excluding carboxylic acids is 7. The number of piperidine rings is 1. The largest absolute Gasteiger partial charge is 0.444 e. The van der Waals surface area contributed by atoms with Gasteiger partial charge in [-0.25, -0.2) is 9.59 Å². The number of ketones is 1. The van der Waals surface area contributed by atoms with Gasteiger partial charge in [-0.2, -0.15) is 0 Å². The fourth-order valence-electron chi connectivity index (χ4n) is 6.39. The maximum atomic E-state index is 14.4. The normalized spacial score (nSPS) is 22.3. The lowest BCUT2D eigenvalue weighted by Gasteiger charge is -2.41. The van der Waals surface area contributed by atoms with Crippen molar-refractivity contribution in [2.75, 3.05) is 19.6 Å². The van der Waals surface area contributed by atoms with Gasteiger partial charge in [0, 0.05) is 32.0 Å². The number of Topliss-reactive ketones (excluding diaryl/α,β-unsaturated/α-hetero) is 1. The SMILES string of the molecule is CCCCC(NC(=O)[C@@H]1C[C@@H](OC(N)=O)CN1C(=O)[C@@H](NC(=O)N[C@H](CN1CCC(C)(C)CC1=O)C(C)(C)C)C(C)(C)C)C(=O)C(=O)NC1CC1. The monoisotopic (exact) mass is 719 g/mol. The van der Waals surface area contributed by atoms with Crippen LogP contribution < -0.4 is 27.0 Å². The van der Waals surface area contributed by atoms with Crippen LogP contribution in [0.4, 0.5) is 9.59 Å². The van der Waals surface area contributed by atoms with Crippen molar-refractivity contribution in [2.45, 2.75) is 150 Å². The van der Waals surface area contributed by atoms with Crippen LogP contribution in [0.2, 0.25) is 0 Å². The van der Waals surface area contributed by atoms with E-state index in [0.717, 1.165) is 25.7 Å². The average molecular weight is 720 g/mol. The molecule has 15 nitrogen and oxygen atoms in total. The Bertz CT molecular complexity index is 1330. The Morgan fingerprint density at radius 1 is 0.980 bits per heavy atom. The molecule has 6 N–H and O–H groups in total. The smallest absolute Gasteiger partial charge is 0.404 e. The molecule has 2 saturated heterocycles. The second-order valence-corrected chi connectivity index (χ2v) is 17.4. The van der Waals surface area contributed by atoms with Crippen molar-refractivity contribution < 1.29 is 38.3 Å². The van der Waals surface area contributed by atoms with Crippen molar-refractivity contribution in [3.05, 3.63) is 0 Å². The minimum absolute atomic E-state index is 0.0266. The molecule has 1 aliphatic carbocycles. The summed E-state index contributed by atoms with van der Waals surface area (Å²) in [6.07, 6.45) is 2.26. The van der Waals surface area contributed by atoms with E-state index in [1.54, 1.807) is 25.7 Å². The predicted molar refractivity (Wildman–Crippen MR) is 190 cm³/mol. The molecule has 0 spiro atoms. The van der Waals surface area contributed by atoms with Gasteiger partial charge in [0.15, 0.2) is 0 Å². The first-order valence-electron chi connectivity index (χ1n) is 18.3. The van der Waals surface area contributed by atoms with Gasteiger partial charge in [-0.05, 0) is 41.9 Å².